The topological polar surface area (TPSA) is 66.8 Å². The second-order valence-electron chi connectivity index (χ2n) is 8.68. The SMILES string of the molecule is COc1ccc2c(c1)[C@H]1c3ccccc3C(O)CN(S(=O)(=O)c3ccc(C)cc3)[C@@H]1CC2. The van der Waals surface area contributed by atoms with Crippen LogP contribution in [0.15, 0.2) is 71.6 Å². The molecular weight excluding hydrogens is 422 g/mol. The van der Waals surface area contributed by atoms with Crippen molar-refractivity contribution in [3.63, 3.8) is 0 Å². The molecule has 1 heterocycles. The number of nitrogens with zero attached hydrogens (tertiary/aromatic N) is 1. The fourth-order valence-corrected chi connectivity index (χ4v) is 6.88. The molecule has 0 bridgehead atoms. The average molecular weight is 450 g/mol. The number of rotatable bonds is 3. The third-order valence-electron chi connectivity index (χ3n) is 6.82. The van der Waals surface area contributed by atoms with Crippen molar-refractivity contribution >= 4 is 10.0 Å². The van der Waals surface area contributed by atoms with E-state index >= 15 is 0 Å². The van der Waals surface area contributed by atoms with Gasteiger partial charge in [-0.1, -0.05) is 48.0 Å². The standard InChI is InChI=1S/C26H27NO4S/c1-17-7-12-20(13-8-17)32(29,30)27-16-25(28)21-5-3-4-6-22(21)26-23-15-19(31-2)11-9-18(23)10-14-24(26)27/h3-9,11-13,15,24-26,28H,10,14,16H2,1-2H3/t24-,25?,26-/m1/s1. The Balaban J connectivity index is 1.70. The number of sulfonamides is 1. The molecule has 0 amide bonds. The molecule has 0 saturated heterocycles. The number of aliphatic hydroxyl groups excluding tert-OH is 1. The van der Waals surface area contributed by atoms with Gasteiger partial charge >= 0.3 is 0 Å². The van der Waals surface area contributed by atoms with Crippen molar-refractivity contribution in [2.45, 2.75) is 42.7 Å². The minimum atomic E-state index is -3.80. The van der Waals surface area contributed by atoms with Crippen LogP contribution in [0.3, 0.4) is 0 Å². The van der Waals surface area contributed by atoms with Crippen LogP contribution in [-0.2, 0) is 16.4 Å². The Bertz CT molecular complexity index is 1250. The number of hydrogen-bond acceptors (Lipinski definition) is 4. The molecule has 5 rings (SSSR count). The average Bonchev–Trinajstić information content (AvgIpc) is 2.94. The van der Waals surface area contributed by atoms with Crippen LogP contribution in [0, 0.1) is 6.92 Å². The van der Waals surface area contributed by atoms with E-state index in [1.54, 1.807) is 19.2 Å². The van der Waals surface area contributed by atoms with Crippen molar-refractivity contribution in [3.05, 3.63) is 94.5 Å². The maximum atomic E-state index is 13.8. The molecule has 0 spiro atoms. The van der Waals surface area contributed by atoms with Gasteiger partial charge in [0.15, 0.2) is 0 Å². The summed E-state index contributed by atoms with van der Waals surface area (Å²) in [6.45, 7) is 1.97. The highest BCUT2D eigenvalue weighted by Gasteiger charge is 2.44. The van der Waals surface area contributed by atoms with Gasteiger partial charge < -0.3 is 9.84 Å². The number of β-amino-alcohol motifs (C(OH)–C–C–N with tert-alkyl or cyclic N) is 1. The highest BCUT2D eigenvalue weighted by molar-refractivity contribution is 7.89. The van der Waals surface area contributed by atoms with E-state index in [4.69, 9.17) is 4.74 Å². The van der Waals surface area contributed by atoms with E-state index in [0.29, 0.717) is 6.42 Å². The largest absolute Gasteiger partial charge is 0.497 e. The Hall–Kier alpha value is -2.67. The molecule has 2 aliphatic rings. The van der Waals surface area contributed by atoms with Crippen molar-refractivity contribution in [1.29, 1.82) is 0 Å². The summed E-state index contributed by atoms with van der Waals surface area (Å²) in [5.74, 6) is 0.571. The van der Waals surface area contributed by atoms with Crippen molar-refractivity contribution < 1.29 is 18.3 Å². The summed E-state index contributed by atoms with van der Waals surface area (Å²) in [7, 11) is -2.16. The first-order chi connectivity index (χ1) is 15.4. The molecule has 32 heavy (non-hydrogen) atoms. The Morgan fingerprint density at radius 1 is 0.969 bits per heavy atom. The summed E-state index contributed by atoms with van der Waals surface area (Å²) in [6, 6.07) is 20.5. The molecule has 0 fully saturated rings. The van der Waals surface area contributed by atoms with E-state index in [0.717, 1.165) is 34.4 Å². The molecule has 1 unspecified atom stereocenters. The first kappa shape index (κ1) is 21.2. The Morgan fingerprint density at radius 2 is 1.69 bits per heavy atom. The van der Waals surface area contributed by atoms with Gasteiger partial charge in [-0.2, -0.15) is 4.31 Å². The Kier molecular flexibility index (Phi) is 5.32. The highest BCUT2D eigenvalue weighted by atomic mass is 32.2. The predicted molar refractivity (Wildman–Crippen MR) is 123 cm³/mol. The molecule has 0 aromatic heterocycles. The van der Waals surface area contributed by atoms with Crippen molar-refractivity contribution in [2.24, 2.45) is 0 Å². The molecule has 3 aromatic rings. The van der Waals surface area contributed by atoms with Gasteiger partial charge in [0.1, 0.15) is 5.75 Å². The van der Waals surface area contributed by atoms with Crippen molar-refractivity contribution in [3.8, 4) is 5.75 Å². The van der Waals surface area contributed by atoms with E-state index < -0.39 is 16.1 Å². The van der Waals surface area contributed by atoms with Gasteiger partial charge in [-0.25, -0.2) is 8.42 Å². The second-order valence-corrected chi connectivity index (χ2v) is 10.6. The number of hydrogen-bond donors (Lipinski definition) is 1. The quantitative estimate of drug-likeness (QED) is 0.651. The number of fused-ring (bicyclic) bond motifs is 5. The second kappa shape index (κ2) is 8.03. The minimum Gasteiger partial charge on any atom is -0.497 e. The van der Waals surface area contributed by atoms with E-state index in [1.807, 2.05) is 55.5 Å². The van der Waals surface area contributed by atoms with Crippen LogP contribution < -0.4 is 4.74 Å². The lowest BCUT2D eigenvalue weighted by molar-refractivity contribution is 0.135. The third kappa shape index (κ3) is 3.43. The lowest BCUT2D eigenvalue weighted by Crippen LogP contribution is -2.46. The summed E-state index contributed by atoms with van der Waals surface area (Å²) in [4.78, 5) is 0.261. The van der Waals surface area contributed by atoms with Gasteiger partial charge in [0.25, 0.3) is 0 Å². The molecule has 166 valence electrons. The van der Waals surface area contributed by atoms with Crippen LogP contribution in [0.4, 0.5) is 0 Å². The minimum absolute atomic E-state index is 0.0354. The molecule has 0 saturated carbocycles. The van der Waals surface area contributed by atoms with E-state index in [1.165, 1.54) is 9.87 Å². The van der Waals surface area contributed by atoms with Crippen molar-refractivity contribution in [2.75, 3.05) is 13.7 Å². The van der Waals surface area contributed by atoms with Gasteiger partial charge in [0.05, 0.1) is 18.1 Å². The van der Waals surface area contributed by atoms with Crippen LogP contribution in [0.25, 0.3) is 0 Å². The lowest BCUT2D eigenvalue weighted by Gasteiger charge is -2.39. The number of aliphatic hydroxyl groups is 1. The smallest absolute Gasteiger partial charge is 0.243 e. The van der Waals surface area contributed by atoms with Gasteiger partial charge in [0, 0.05) is 18.5 Å². The number of benzene rings is 3. The van der Waals surface area contributed by atoms with E-state index in [9.17, 15) is 13.5 Å². The molecule has 6 heteroatoms. The van der Waals surface area contributed by atoms with Gasteiger partial charge in [-0.15, -0.1) is 0 Å². The summed E-state index contributed by atoms with van der Waals surface area (Å²) in [5, 5.41) is 11.1. The van der Waals surface area contributed by atoms with Crippen LogP contribution in [0.5, 0.6) is 5.75 Å². The zero-order valence-corrected chi connectivity index (χ0v) is 19.0. The maximum Gasteiger partial charge on any atom is 0.243 e. The summed E-state index contributed by atoms with van der Waals surface area (Å²) in [6.07, 6.45) is 0.570. The van der Waals surface area contributed by atoms with Crippen LogP contribution in [0.1, 0.15) is 46.3 Å². The van der Waals surface area contributed by atoms with Crippen LogP contribution in [0.2, 0.25) is 0 Å². The fourth-order valence-electron chi connectivity index (χ4n) is 5.20. The molecule has 1 aliphatic carbocycles. The summed E-state index contributed by atoms with van der Waals surface area (Å²) < 4.78 is 34.7. The molecule has 3 atom stereocenters. The number of aryl methyl sites for hydroxylation is 2. The highest BCUT2D eigenvalue weighted by Crippen LogP contribution is 2.46. The molecule has 0 radical (unpaired) electrons. The third-order valence-corrected chi connectivity index (χ3v) is 8.73. The first-order valence-corrected chi connectivity index (χ1v) is 12.4. The molecule has 1 aliphatic heterocycles. The van der Waals surface area contributed by atoms with Gasteiger partial charge in [-0.05, 0) is 66.3 Å². The first-order valence-electron chi connectivity index (χ1n) is 10.9. The van der Waals surface area contributed by atoms with E-state index in [2.05, 4.69) is 6.07 Å². The number of ether oxygens (including phenoxy) is 1. The van der Waals surface area contributed by atoms with E-state index in [-0.39, 0.29) is 23.4 Å². The lowest BCUT2D eigenvalue weighted by atomic mass is 9.74. The molecule has 3 aromatic carbocycles. The summed E-state index contributed by atoms with van der Waals surface area (Å²) >= 11 is 0. The summed E-state index contributed by atoms with van der Waals surface area (Å²) in [5.41, 5.74) is 5.06. The van der Waals surface area contributed by atoms with Gasteiger partial charge in [-0.3, -0.25) is 0 Å². The normalized spacial score (nSPS) is 22.9. The van der Waals surface area contributed by atoms with Crippen LogP contribution in [-0.4, -0.2) is 37.5 Å². The fraction of sp³-hybridized carbons (Fsp3) is 0.308. The molecule has 5 nitrogen and oxygen atoms in total. The zero-order chi connectivity index (χ0) is 22.5. The Labute approximate surface area is 189 Å². The predicted octanol–water partition coefficient (Wildman–Crippen LogP) is 4.19. The number of methoxy groups -OCH3 is 1. The Morgan fingerprint density at radius 3 is 2.41 bits per heavy atom. The maximum absolute atomic E-state index is 13.8. The molecule has 1 N–H and O–H groups in total. The van der Waals surface area contributed by atoms with Crippen LogP contribution >= 0.6 is 0 Å². The van der Waals surface area contributed by atoms with Crippen molar-refractivity contribution in [1.82, 2.24) is 4.31 Å². The monoisotopic (exact) mass is 449 g/mol. The van der Waals surface area contributed by atoms with Gasteiger partial charge in [0.2, 0.25) is 10.0 Å². The zero-order valence-electron chi connectivity index (χ0n) is 18.2. The molecular formula is C26H27NO4S.